The molecule has 0 heterocycles. The third-order valence-electron chi connectivity index (χ3n) is 5.09. The molecule has 2 aromatic carbocycles. The van der Waals surface area contributed by atoms with Crippen LogP contribution in [0.1, 0.15) is 51.9 Å². The van der Waals surface area contributed by atoms with E-state index in [9.17, 15) is 4.57 Å². The summed E-state index contributed by atoms with van der Waals surface area (Å²) in [7, 11) is -2.87. The standard InChI is InChI=1S/C26H29OP/c1-2-3-13-24(21-20-23-14-7-4-8-15-23)22-28(27,25-16-9-5-10-17-25)26-18-11-6-12-19-26/h5-6,9-12,14,16-19,22H,2-4,7-8,13,15H2,1H3/b24-22-. The second kappa shape index (κ2) is 10.3. The van der Waals surface area contributed by atoms with Gasteiger partial charge in [0.05, 0.1) is 0 Å². The lowest BCUT2D eigenvalue weighted by atomic mass is 9.99. The highest BCUT2D eigenvalue weighted by Crippen LogP contribution is 2.46. The van der Waals surface area contributed by atoms with Crippen LogP contribution in [-0.2, 0) is 4.57 Å². The topological polar surface area (TPSA) is 17.1 Å². The van der Waals surface area contributed by atoms with Gasteiger partial charge >= 0.3 is 0 Å². The first kappa shape index (κ1) is 20.4. The molecule has 3 rings (SSSR count). The van der Waals surface area contributed by atoms with Gasteiger partial charge in [0.2, 0.25) is 0 Å². The van der Waals surface area contributed by atoms with Crippen molar-refractivity contribution in [2.75, 3.05) is 0 Å². The van der Waals surface area contributed by atoms with Gasteiger partial charge in [0, 0.05) is 16.2 Å². The van der Waals surface area contributed by atoms with E-state index >= 15 is 0 Å². The molecule has 0 aliphatic heterocycles. The van der Waals surface area contributed by atoms with E-state index in [1.54, 1.807) is 0 Å². The van der Waals surface area contributed by atoms with Gasteiger partial charge in [-0.1, -0.05) is 91.9 Å². The predicted molar refractivity (Wildman–Crippen MR) is 122 cm³/mol. The average Bonchev–Trinajstić information content (AvgIpc) is 2.77. The molecule has 0 spiro atoms. The van der Waals surface area contributed by atoms with Crippen LogP contribution in [0.15, 0.2) is 83.7 Å². The van der Waals surface area contributed by atoms with Crippen LogP contribution in [0.2, 0.25) is 0 Å². The Kier molecular flexibility index (Phi) is 7.53. The quantitative estimate of drug-likeness (QED) is 0.404. The molecule has 0 unspecified atom stereocenters. The minimum absolute atomic E-state index is 0.869. The molecule has 2 aromatic rings. The molecule has 0 aromatic heterocycles. The molecule has 0 N–H and O–H groups in total. The Bertz CT molecular complexity index is 883. The fourth-order valence-electron chi connectivity index (χ4n) is 3.46. The summed E-state index contributed by atoms with van der Waals surface area (Å²) in [5.41, 5.74) is 2.24. The summed E-state index contributed by atoms with van der Waals surface area (Å²) >= 11 is 0. The molecule has 1 aliphatic carbocycles. The Morgan fingerprint density at radius 2 is 1.64 bits per heavy atom. The number of benzene rings is 2. The predicted octanol–water partition coefficient (Wildman–Crippen LogP) is 6.58. The summed E-state index contributed by atoms with van der Waals surface area (Å²) in [6, 6.07) is 19.7. The summed E-state index contributed by atoms with van der Waals surface area (Å²) in [6.07, 6.45) is 9.99. The third kappa shape index (κ3) is 5.37. The molecule has 0 saturated carbocycles. The van der Waals surface area contributed by atoms with Crippen molar-refractivity contribution in [1.82, 2.24) is 0 Å². The van der Waals surface area contributed by atoms with Gasteiger partial charge in [0.25, 0.3) is 0 Å². The van der Waals surface area contributed by atoms with Crippen molar-refractivity contribution in [3.8, 4) is 11.8 Å². The monoisotopic (exact) mass is 388 g/mol. The SMILES string of the molecule is CCCC/C(C#CC1=CCCCC1)=C/P(=O)(c1ccccc1)c1ccccc1. The van der Waals surface area contributed by atoms with Crippen molar-refractivity contribution in [2.45, 2.75) is 51.9 Å². The molecule has 1 aliphatic rings. The highest BCUT2D eigenvalue weighted by Gasteiger charge is 2.25. The van der Waals surface area contributed by atoms with E-state index in [0.717, 1.165) is 48.3 Å². The minimum Gasteiger partial charge on any atom is -0.309 e. The Balaban J connectivity index is 2.05. The second-order valence-corrected chi connectivity index (χ2v) is 9.92. The van der Waals surface area contributed by atoms with Gasteiger partial charge in [0.15, 0.2) is 7.14 Å². The van der Waals surface area contributed by atoms with Crippen LogP contribution in [0, 0.1) is 11.8 Å². The molecule has 0 bridgehead atoms. The molecular weight excluding hydrogens is 359 g/mol. The minimum atomic E-state index is -2.87. The molecule has 2 heteroatoms. The maximum Gasteiger partial charge on any atom is 0.165 e. The van der Waals surface area contributed by atoms with Crippen LogP contribution in [-0.4, -0.2) is 0 Å². The van der Waals surface area contributed by atoms with E-state index in [1.807, 2.05) is 66.5 Å². The van der Waals surface area contributed by atoms with Crippen molar-refractivity contribution in [2.24, 2.45) is 0 Å². The number of rotatable bonds is 6. The van der Waals surface area contributed by atoms with Gasteiger partial charge in [-0.2, -0.15) is 0 Å². The largest absolute Gasteiger partial charge is 0.309 e. The van der Waals surface area contributed by atoms with E-state index in [-0.39, 0.29) is 0 Å². The van der Waals surface area contributed by atoms with Gasteiger partial charge < -0.3 is 4.57 Å². The molecular formula is C26H29OP. The summed E-state index contributed by atoms with van der Waals surface area (Å²) in [5.74, 6) is 8.74. The van der Waals surface area contributed by atoms with Crippen molar-refractivity contribution in [1.29, 1.82) is 0 Å². The Labute approximate surface area is 170 Å². The van der Waals surface area contributed by atoms with Crippen LogP contribution in [0.25, 0.3) is 0 Å². The Morgan fingerprint density at radius 1 is 1.00 bits per heavy atom. The van der Waals surface area contributed by atoms with E-state index < -0.39 is 7.14 Å². The fourth-order valence-corrected chi connectivity index (χ4v) is 5.91. The fraction of sp³-hybridized carbons (Fsp3) is 0.308. The van der Waals surface area contributed by atoms with Gasteiger partial charge in [-0.05, 0) is 49.9 Å². The first-order chi connectivity index (χ1) is 13.7. The summed E-state index contributed by atoms with van der Waals surface area (Å²) in [5, 5.41) is 1.74. The lowest BCUT2D eigenvalue weighted by Crippen LogP contribution is -2.14. The van der Waals surface area contributed by atoms with Gasteiger partial charge in [-0.15, -0.1) is 0 Å². The summed E-state index contributed by atoms with van der Waals surface area (Å²) in [4.78, 5) is 0. The Hall–Kier alpha value is -2.29. The van der Waals surface area contributed by atoms with Crippen molar-refractivity contribution < 1.29 is 4.57 Å². The van der Waals surface area contributed by atoms with Gasteiger partial charge in [-0.25, -0.2) is 0 Å². The van der Waals surface area contributed by atoms with E-state index in [0.29, 0.717) is 0 Å². The van der Waals surface area contributed by atoms with Gasteiger partial charge in [-0.3, -0.25) is 0 Å². The smallest absolute Gasteiger partial charge is 0.165 e. The molecule has 28 heavy (non-hydrogen) atoms. The van der Waals surface area contributed by atoms with Crippen LogP contribution in [0.3, 0.4) is 0 Å². The first-order valence-corrected chi connectivity index (χ1v) is 12.1. The number of hydrogen-bond acceptors (Lipinski definition) is 1. The molecule has 0 amide bonds. The lowest BCUT2D eigenvalue weighted by molar-refractivity contribution is 0.592. The van der Waals surface area contributed by atoms with Crippen LogP contribution in [0.4, 0.5) is 0 Å². The highest BCUT2D eigenvalue weighted by molar-refractivity contribution is 7.81. The zero-order valence-corrected chi connectivity index (χ0v) is 17.6. The zero-order chi connectivity index (χ0) is 19.7. The van der Waals surface area contributed by atoms with Crippen LogP contribution in [0.5, 0.6) is 0 Å². The van der Waals surface area contributed by atoms with E-state index in [2.05, 4.69) is 24.8 Å². The lowest BCUT2D eigenvalue weighted by Gasteiger charge is -2.16. The number of allylic oxidation sites excluding steroid dienone is 3. The second-order valence-electron chi connectivity index (χ2n) is 7.31. The molecule has 0 saturated heterocycles. The highest BCUT2D eigenvalue weighted by atomic mass is 31.2. The number of unbranched alkanes of at least 4 members (excludes halogenated alkanes) is 1. The maximum absolute atomic E-state index is 14.3. The van der Waals surface area contributed by atoms with Crippen LogP contribution < -0.4 is 10.6 Å². The van der Waals surface area contributed by atoms with E-state index in [1.165, 1.54) is 18.4 Å². The van der Waals surface area contributed by atoms with E-state index in [4.69, 9.17) is 0 Å². The van der Waals surface area contributed by atoms with Gasteiger partial charge in [0.1, 0.15) is 0 Å². The molecule has 144 valence electrons. The normalized spacial score (nSPS) is 14.8. The third-order valence-corrected chi connectivity index (χ3v) is 7.90. The number of hydrogen-bond donors (Lipinski definition) is 0. The average molecular weight is 388 g/mol. The maximum atomic E-state index is 14.3. The summed E-state index contributed by atoms with van der Waals surface area (Å²) < 4.78 is 14.3. The van der Waals surface area contributed by atoms with Crippen LogP contribution >= 0.6 is 7.14 Å². The molecule has 0 atom stereocenters. The molecule has 0 fully saturated rings. The molecule has 1 nitrogen and oxygen atoms in total. The summed E-state index contributed by atoms with van der Waals surface area (Å²) in [6.45, 7) is 2.18. The van der Waals surface area contributed by atoms with Crippen molar-refractivity contribution in [3.05, 3.63) is 83.7 Å². The zero-order valence-electron chi connectivity index (χ0n) is 16.7. The van der Waals surface area contributed by atoms with Crippen molar-refractivity contribution in [3.63, 3.8) is 0 Å². The first-order valence-electron chi connectivity index (χ1n) is 10.4. The molecule has 0 radical (unpaired) electrons. The van der Waals surface area contributed by atoms with Crippen molar-refractivity contribution >= 4 is 17.8 Å². The Morgan fingerprint density at radius 3 is 2.18 bits per heavy atom.